The molecule has 0 aliphatic carbocycles. The van der Waals surface area contributed by atoms with Crippen LogP contribution in [0.15, 0.2) is 90.6 Å². The lowest BCUT2D eigenvalue weighted by atomic mass is 10.1. The monoisotopic (exact) mass is 570 g/mol. The summed E-state index contributed by atoms with van der Waals surface area (Å²) in [4.78, 5) is 25.4. The molecule has 1 N–H and O–H groups in total. The van der Waals surface area contributed by atoms with E-state index in [0.717, 1.165) is 5.56 Å². The zero-order chi connectivity index (χ0) is 29.2. The van der Waals surface area contributed by atoms with E-state index >= 15 is 0 Å². The Bertz CT molecular complexity index is 1520. The van der Waals surface area contributed by atoms with Crippen molar-refractivity contribution in [3.05, 3.63) is 96.6 Å². The van der Waals surface area contributed by atoms with Gasteiger partial charge in [-0.2, -0.15) is 0 Å². The molecule has 9 nitrogen and oxygen atoms in total. The van der Waals surface area contributed by atoms with Gasteiger partial charge in [0, 0.05) is 23.4 Å². The first-order chi connectivity index (χ1) is 20.0. The van der Waals surface area contributed by atoms with E-state index in [1.807, 2.05) is 34.9 Å². The van der Waals surface area contributed by atoms with Gasteiger partial charge in [-0.1, -0.05) is 54.2 Å². The number of carbonyl (C=O) groups is 2. The van der Waals surface area contributed by atoms with E-state index in [2.05, 4.69) is 22.1 Å². The van der Waals surface area contributed by atoms with Crippen LogP contribution in [-0.4, -0.2) is 53.5 Å². The molecule has 0 bridgehead atoms. The van der Waals surface area contributed by atoms with Gasteiger partial charge in [-0.3, -0.25) is 14.2 Å². The summed E-state index contributed by atoms with van der Waals surface area (Å²) in [6.45, 7) is 4.34. The van der Waals surface area contributed by atoms with Gasteiger partial charge in [-0.25, -0.2) is 0 Å². The Kier molecular flexibility index (Phi) is 9.95. The number of hydrogen-bond donors (Lipinski definition) is 1. The third kappa shape index (κ3) is 7.23. The molecule has 0 aliphatic heterocycles. The zero-order valence-electron chi connectivity index (χ0n) is 23.0. The van der Waals surface area contributed by atoms with Crippen LogP contribution in [0.25, 0.3) is 17.5 Å². The Balaban J connectivity index is 1.36. The van der Waals surface area contributed by atoms with E-state index < -0.39 is 0 Å². The molecule has 0 radical (unpaired) electrons. The van der Waals surface area contributed by atoms with Crippen LogP contribution in [0.5, 0.6) is 17.2 Å². The minimum atomic E-state index is -0.203. The lowest BCUT2D eigenvalue weighted by Gasteiger charge is -2.12. The van der Waals surface area contributed by atoms with Gasteiger partial charge in [0.15, 0.2) is 28.3 Å². The number of rotatable bonds is 13. The summed E-state index contributed by atoms with van der Waals surface area (Å²) in [5.74, 6) is 1.93. The number of ketones is 1. The first-order valence-electron chi connectivity index (χ1n) is 12.6. The molecule has 3 aromatic carbocycles. The number of carbonyl (C=O) groups excluding carboxylic acids is 2. The summed E-state index contributed by atoms with van der Waals surface area (Å²) >= 11 is 1.29. The Morgan fingerprint density at radius 2 is 1.63 bits per heavy atom. The fraction of sp³-hybridized carbons (Fsp3) is 0.161. The number of thioether (sulfide) groups is 1. The molecule has 1 aromatic heterocycles. The van der Waals surface area contributed by atoms with Crippen LogP contribution in [0, 0.1) is 0 Å². The second kappa shape index (κ2) is 14.0. The number of aromatic nitrogens is 3. The van der Waals surface area contributed by atoms with Crippen LogP contribution in [0.3, 0.4) is 0 Å². The zero-order valence-corrected chi connectivity index (χ0v) is 23.8. The van der Waals surface area contributed by atoms with Crippen molar-refractivity contribution in [3.63, 3.8) is 0 Å². The second-order valence-corrected chi connectivity index (χ2v) is 9.58. The normalized spacial score (nSPS) is 10.8. The Hall–Kier alpha value is -4.83. The van der Waals surface area contributed by atoms with Crippen molar-refractivity contribution in [2.45, 2.75) is 11.7 Å². The van der Waals surface area contributed by atoms with Crippen LogP contribution in [0.2, 0.25) is 0 Å². The Morgan fingerprint density at radius 1 is 0.951 bits per heavy atom. The second-order valence-electron chi connectivity index (χ2n) is 8.64. The number of methoxy groups -OCH3 is 3. The molecule has 1 heterocycles. The SMILES string of the molecule is C=CCn1c(SCC(=O)Nc2ccc(C(=O)/C=C/c3cc(OC)c(OC)c(OC)c3)cc2)nnc1-c1ccccc1. The average molecular weight is 571 g/mol. The smallest absolute Gasteiger partial charge is 0.234 e. The number of benzene rings is 3. The largest absolute Gasteiger partial charge is 0.493 e. The van der Waals surface area contributed by atoms with Crippen molar-refractivity contribution >= 4 is 35.2 Å². The summed E-state index contributed by atoms with van der Waals surface area (Å²) in [7, 11) is 4.60. The molecular weight excluding hydrogens is 540 g/mol. The van der Waals surface area contributed by atoms with Crippen LogP contribution in [-0.2, 0) is 11.3 Å². The van der Waals surface area contributed by atoms with E-state index in [-0.39, 0.29) is 17.4 Å². The number of amides is 1. The molecule has 41 heavy (non-hydrogen) atoms. The lowest BCUT2D eigenvalue weighted by Crippen LogP contribution is -2.14. The molecule has 0 saturated carbocycles. The molecule has 0 aliphatic rings. The van der Waals surface area contributed by atoms with E-state index in [1.165, 1.54) is 39.2 Å². The van der Waals surface area contributed by atoms with E-state index in [9.17, 15) is 9.59 Å². The lowest BCUT2D eigenvalue weighted by molar-refractivity contribution is -0.113. The van der Waals surface area contributed by atoms with Gasteiger partial charge in [-0.15, -0.1) is 16.8 Å². The first-order valence-corrected chi connectivity index (χ1v) is 13.6. The molecule has 1 amide bonds. The van der Waals surface area contributed by atoms with Crippen LogP contribution < -0.4 is 19.5 Å². The van der Waals surface area contributed by atoms with Gasteiger partial charge in [0.05, 0.1) is 27.1 Å². The summed E-state index contributed by atoms with van der Waals surface area (Å²) in [6.07, 6.45) is 4.91. The highest BCUT2D eigenvalue weighted by atomic mass is 32.2. The van der Waals surface area contributed by atoms with Crippen LogP contribution in [0.1, 0.15) is 15.9 Å². The van der Waals surface area contributed by atoms with Crippen LogP contribution >= 0.6 is 11.8 Å². The van der Waals surface area contributed by atoms with E-state index in [0.29, 0.717) is 51.6 Å². The first kappa shape index (κ1) is 29.2. The van der Waals surface area contributed by atoms with Gasteiger partial charge < -0.3 is 19.5 Å². The van der Waals surface area contributed by atoms with Crippen molar-refractivity contribution in [3.8, 4) is 28.6 Å². The average Bonchev–Trinajstić information content (AvgIpc) is 3.41. The van der Waals surface area contributed by atoms with E-state index in [4.69, 9.17) is 14.2 Å². The van der Waals surface area contributed by atoms with Crippen molar-refractivity contribution < 1.29 is 23.8 Å². The van der Waals surface area contributed by atoms with Gasteiger partial charge in [-0.05, 0) is 48.0 Å². The third-order valence-electron chi connectivity index (χ3n) is 5.96. The van der Waals surface area contributed by atoms with Gasteiger partial charge in [0.1, 0.15) is 0 Å². The molecule has 0 spiro atoms. The molecule has 10 heteroatoms. The van der Waals surface area contributed by atoms with Crippen molar-refractivity contribution in [1.82, 2.24) is 14.8 Å². The molecule has 210 valence electrons. The third-order valence-corrected chi connectivity index (χ3v) is 6.93. The maximum absolute atomic E-state index is 12.7. The number of hydrogen-bond acceptors (Lipinski definition) is 8. The summed E-state index contributed by atoms with van der Waals surface area (Å²) < 4.78 is 18.0. The van der Waals surface area contributed by atoms with E-state index in [1.54, 1.807) is 48.6 Å². The molecule has 4 rings (SSSR count). The molecular formula is C31H30N4O5S. The highest BCUT2D eigenvalue weighted by Crippen LogP contribution is 2.38. The molecule has 0 unspecified atom stereocenters. The van der Waals surface area contributed by atoms with Crippen molar-refractivity contribution in [1.29, 1.82) is 0 Å². The predicted octanol–water partition coefficient (Wildman–Crippen LogP) is 5.78. The van der Waals surface area contributed by atoms with Crippen molar-refractivity contribution in [2.75, 3.05) is 32.4 Å². The fourth-order valence-electron chi connectivity index (χ4n) is 4.00. The van der Waals surface area contributed by atoms with Gasteiger partial charge >= 0.3 is 0 Å². The van der Waals surface area contributed by atoms with Crippen LogP contribution in [0.4, 0.5) is 5.69 Å². The highest BCUT2D eigenvalue weighted by molar-refractivity contribution is 7.99. The van der Waals surface area contributed by atoms with Gasteiger partial charge in [0.25, 0.3) is 0 Å². The number of ether oxygens (including phenoxy) is 3. The summed E-state index contributed by atoms with van der Waals surface area (Å²) in [6, 6.07) is 20.0. The van der Waals surface area contributed by atoms with Gasteiger partial charge in [0.2, 0.25) is 11.7 Å². The maximum atomic E-state index is 12.7. The maximum Gasteiger partial charge on any atom is 0.234 e. The fourth-order valence-corrected chi connectivity index (χ4v) is 4.75. The Labute approximate surface area is 242 Å². The molecule has 0 fully saturated rings. The minimum absolute atomic E-state index is 0.141. The number of nitrogens with one attached hydrogen (secondary N) is 1. The van der Waals surface area contributed by atoms with Crippen molar-refractivity contribution in [2.24, 2.45) is 0 Å². The Morgan fingerprint density at radius 3 is 2.24 bits per heavy atom. The number of allylic oxidation sites excluding steroid dienone is 2. The molecule has 0 saturated heterocycles. The predicted molar refractivity (Wildman–Crippen MR) is 161 cm³/mol. The minimum Gasteiger partial charge on any atom is -0.493 e. The quantitative estimate of drug-likeness (QED) is 0.0933. The topological polar surface area (TPSA) is 105 Å². The number of nitrogens with zero attached hydrogens (tertiary/aromatic N) is 3. The molecule has 0 atom stereocenters. The summed E-state index contributed by atoms with van der Waals surface area (Å²) in [5, 5.41) is 12.1. The highest BCUT2D eigenvalue weighted by Gasteiger charge is 2.15. The standard InChI is InChI=1S/C31H30N4O5S/c1-5-17-35-30(23-9-7-6-8-10-23)33-34-31(35)41-20-28(37)32-24-14-12-22(13-15-24)25(36)16-11-21-18-26(38-2)29(40-4)27(19-21)39-3/h5-16,18-19H,1,17,20H2,2-4H3,(H,32,37)/b16-11+. The summed E-state index contributed by atoms with van der Waals surface area (Å²) in [5.41, 5.74) is 2.71. The number of anilines is 1. The molecule has 4 aromatic rings.